The molecule has 3 rings (SSSR count). The number of aromatic nitrogens is 2. The van der Waals surface area contributed by atoms with E-state index in [0.29, 0.717) is 12.3 Å². The molecule has 3 aromatic rings. The Morgan fingerprint density at radius 3 is 2.77 bits per heavy atom. The molecule has 0 aliphatic rings. The van der Waals surface area contributed by atoms with Crippen LogP contribution in [-0.2, 0) is 11.3 Å². The Hall–Kier alpha value is -2.47. The fourth-order valence-electron chi connectivity index (χ4n) is 3.01. The topological polar surface area (TPSA) is 64.3 Å². The normalized spacial score (nSPS) is 12.3. The molecule has 2 aromatic heterocycles. The second-order valence-electron chi connectivity index (χ2n) is 6.27. The van der Waals surface area contributed by atoms with Gasteiger partial charge >= 0.3 is 5.97 Å². The summed E-state index contributed by atoms with van der Waals surface area (Å²) in [7, 11) is 0. The molecule has 0 saturated heterocycles. The predicted octanol–water partition coefficient (Wildman–Crippen LogP) is 4.28. The van der Waals surface area contributed by atoms with Gasteiger partial charge in [0.25, 0.3) is 0 Å². The van der Waals surface area contributed by atoms with E-state index in [2.05, 4.69) is 23.8 Å². The van der Waals surface area contributed by atoms with Crippen LogP contribution in [0, 0.1) is 13.8 Å². The van der Waals surface area contributed by atoms with Crippen LogP contribution >= 0.6 is 11.8 Å². The molecule has 5 nitrogen and oxygen atoms in total. The molecule has 0 fully saturated rings. The van der Waals surface area contributed by atoms with Crippen LogP contribution in [-0.4, -0.2) is 33.0 Å². The molecule has 6 heteroatoms. The lowest BCUT2D eigenvalue weighted by molar-refractivity contribution is -0.144. The van der Waals surface area contributed by atoms with Gasteiger partial charge < -0.3 is 14.4 Å². The zero-order chi connectivity index (χ0) is 18.8. The summed E-state index contributed by atoms with van der Waals surface area (Å²) >= 11 is 1.73. The van der Waals surface area contributed by atoms with E-state index >= 15 is 0 Å². The Kier molecular flexibility index (Phi) is 5.23. The number of rotatable bonds is 6. The number of carboxylic acid groups (broad SMARTS) is 1. The summed E-state index contributed by atoms with van der Waals surface area (Å²) in [5.74, 6) is -0.423. The van der Waals surface area contributed by atoms with Crippen LogP contribution < -0.4 is 4.74 Å². The summed E-state index contributed by atoms with van der Waals surface area (Å²) in [5, 5.41) is 10.2. The summed E-state index contributed by atoms with van der Waals surface area (Å²) in [6.45, 7) is 6.27. The molecule has 26 heavy (non-hydrogen) atoms. The Labute approximate surface area is 157 Å². The minimum Gasteiger partial charge on any atom is -0.479 e. The second kappa shape index (κ2) is 7.41. The van der Waals surface area contributed by atoms with Crippen LogP contribution in [0.4, 0.5) is 0 Å². The van der Waals surface area contributed by atoms with Crippen LogP contribution in [0.2, 0.25) is 0 Å². The molecule has 0 spiro atoms. The number of nitrogens with zero attached hydrogens (tertiary/aromatic N) is 2. The third kappa shape index (κ3) is 3.55. The lowest BCUT2D eigenvalue weighted by Crippen LogP contribution is -2.22. The molecule has 136 valence electrons. The van der Waals surface area contributed by atoms with Crippen LogP contribution in [0.1, 0.15) is 23.9 Å². The molecular weight excluding hydrogens is 348 g/mol. The minimum atomic E-state index is -0.980. The largest absolute Gasteiger partial charge is 0.479 e. The maximum atomic E-state index is 11.0. The van der Waals surface area contributed by atoms with Crippen molar-refractivity contribution in [1.82, 2.24) is 9.55 Å². The lowest BCUT2D eigenvalue weighted by atomic mass is 10.2. The van der Waals surface area contributed by atoms with Gasteiger partial charge in [-0.15, -0.1) is 11.8 Å². The van der Waals surface area contributed by atoms with Gasteiger partial charge in [0.15, 0.2) is 6.10 Å². The number of carboxylic acids is 1. The van der Waals surface area contributed by atoms with E-state index in [1.807, 2.05) is 31.2 Å². The number of aliphatic carboxylic acids is 1. The van der Waals surface area contributed by atoms with E-state index in [4.69, 9.17) is 14.8 Å². The van der Waals surface area contributed by atoms with Crippen LogP contribution in [0.15, 0.2) is 41.3 Å². The highest BCUT2D eigenvalue weighted by molar-refractivity contribution is 7.98. The molecule has 0 radical (unpaired) electrons. The van der Waals surface area contributed by atoms with Gasteiger partial charge in [-0.3, -0.25) is 0 Å². The van der Waals surface area contributed by atoms with Crippen LogP contribution in [0.25, 0.3) is 11.0 Å². The zero-order valence-electron chi connectivity index (χ0n) is 15.3. The Bertz CT molecular complexity index is 965. The molecule has 1 aromatic carbocycles. The first-order valence-corrected chi connectivity index (χ1v) is 9.62. The summed E-state index contributed by atoms with van der Waals surface area (Å²) in [4.78, 5) is 17.0. The zero-order valence-corrected chi connectivity index (χ0v) is 16.1. The lowest BCUT2D eigenvalue weighted by Gasteiger charge is -2.13. The van der Waals surface area contributed by atoms with Crippen molar-refractivity contribution in [2.45, 2.75) is 38.3 Å². The molecule has 1 atom stereocenters. The smallest absolute Gasteiger partial charge is 0.344 e. The number of ether oxygens (including phenoxy) is 1. The van der Waals surface area contributed by atoms with Crippen molar-refractivity contribution in [2.75, 3.05) is 6.26 Å². The van der Waals surface area contributed by atoms with Crippen molar-refractivity contribution < 1.29 is 14.6 Å². The highest BCUT2D eigenvalue weighted by Gasteiger charge is 2.16. The summed E-state index contributed by atoms with van der Waals surface area (Å²) < 4.78 is 7.69. The average Bonchev–Trinajstić information content (AvgIpc) is 2.86. The number of hydrogen-bond acceptors (Lipinski definition) is 4. The van der Waals surface area contributed by atoms with Gasteiger partial charge in [0, 0.05) is 28.2 Å². The van der Waals surface area contributed by atoms with Crippen molar-refractivity contribution in [2.24, 2.45) is 0 Å². The maximum absolute atomic E-state index is 11.0. The molecule has 0 aliphatic heterocycles. The molecule has 0 saturated carbocycles. The first kappa shape index (κ1) is 18.3. The highest BCUT2D eigenvalue weighted by Crippen LogP contribution is 2.32. The van der Waals surface area contributed by atoms with Gasteiger partial charge in [0.2, 0.25) is 0 Å². The van der Waals surface area contributed by atoms with E-state index in [0.717, 1.165) is 22.3 Å². The number of pyridine rings is 1. The molecule has 0 unspecified atom stereocenters. The number of benzene rings is 1. The van der Waals surface area contributed by atoms with Gasteiger partial charge in [-0.2, -0.15) is 0 Å². The minimum absolute atomic E-state index is 0.556. The second-order valence-corrected chi connectivity index (χ2v) is 7.09. The van der Waals surface area contributed by atoms with Crippen molar-refractivity contribution >= 4 is 28.8 Å². The average molecular weight is 370 g/mol. The Morgan fingerprint density at radius 2 is 2.08 bits per heavy atom. The molecule has 0 bridgehead atoms. The Balaban J connectivity index is 1.98. The summed E-state index contributed by atoms with van der Waals surface area (Å²) in [5.41, 5.74) is 4.17. The third-order valence-corrected chi connectivity index (χ3v) is 5.28. The highest BCUT2D eigenvalue weighted by atomic mass is 32.2. The van der Waals surface area contributed by atoms with E-state index in [1.54, 1.807) is 17.8 Å². The standard InChI is InChI=1S/C20H22N2O3S/c1-12-8-9-17-18(26-4)13(2)22(19(17)21-12)11-15-6-5-7-16(10-15)25-14(3)20(23)24/h5-10,14H,11H2,1-4H3,(H,23,24)/t14-/m0/s1. The molecule has 1 N–H and O–H groups in total. The number of carbonyl (C=O) groups is 1. The van der Waals surface area contributed by atoms with Crippen molar-refractivity contribution in [3.8, 4) is 5.75 Å². The number of aryl methyl sites for hydroxylation is 1. The molecule has 0 aliphatic carbocycles. The van der Waals surface area contributed by atoms with Crippen molar-refractivity contribution in [3.05, 3.63) is 53.3 Å². The van der Waals surface area contributed by atoms with Crippen molar-refractivity contribution in [3.63, 3.8) is 0 Å². The maximum Gasteiger partial charge on any atom is 0.344 e. The molecule has 2 heterocycles. The van der Waals surface area contributed by atoms with E-state index < -0.39 is 12.1 Å². The SMILES string of the molecule is CSc1c(C)n(Cc2cccc(O[C@@H](C)C(=O)O)c2)c2nc(C)ccc12. The van der Waals surface area contributed by atoms with E-state index in [-0.39, 0.29) is 0 Å². The van der Waals surface area contributed by atoms with E-state index in [1.165, 1.54) is 17.5 Å². The van der Waals surface area contributed by atoms with Gasteiger partial charge in [0.05, 0.1) is 0 Å². The van der Waals surface area contributed by atoms with Crippen LogP contribution in [0.5, 0.6) is 5.75 Å². The third-order valence-electron chi connectivity index (χ3n) is 4.35. The van der Waals surface area contributed by atoms with Gasteiger partial charge in [-0.1, -0.05) is 12.1 Å². The summed E-state index contributed by atoms with van der Waals surface area (Å²) in [6.07, 6.45) is 1.19. The number of fused-ring (bicyclic) bond motifs is 1. The first-order chi connectivity index (χ1) is 12.4. The monoisotopic (exact) mass is 370 g/mol. The predicted molar refractivity (Wildman–Crippen MR) is 104 cm³/mol. The number of hydrogen-bond donors (Lipinski definition) is 1. The van der Waals surface area contributed by atoms with Gasteiger partial charge in [-0.25, -0.2) is 9.78 Å². The number of thioether (sulfide) groups is 1. The quantitative estimate of drug-likeness (QED) is 0.656. The fourth-order valence-corrected chi connectivity index (χ4v) is 3.79. The van der Waals surface area contributed by atoms with E-state index in [9.17, 15) is 4.79 Å². The molecular formula is C20H22N2O3S. The van der Waals surface area contributed by atoms with Gasteiger partial charge in [0.1, 0.15) is 11.4 Å². The Morgan fingerprint density at radius 1 is 1.31 bits per heavy atom. The van der Waals surface area contributed by atoms with Crippen LogP contribution in [0.3, 0.4) is 0 Å². The first-order valence-electron chi connectivity index (χ1n) is 8.39. The fraction of sp³-hybridized carbons (Fsp3) is 0.300. The van der Waals surface area contributed by atoms with Crippen molar-refractivity contribution in [1.29, 1.82) is 0 Å². The summed E-state index contributed by atoms with van der Waals surface area (Å²) in [6, 6.07) is 11.7. The molecule has 0 amide bonds. The van der Waals surface area contributed by atoms with Gasteiger partial charge in [-0.05, 0) is 56.9 Å².